The van der Waals surface area contributed by atoms with E-state index in [1.54, 1.807) is 0 Å². The topological polar surface area (TPSA) is 33.3 Å². The van der Waals surface area contributed by atoms with Crippen LogP contribution in [0.3, 0.4) is 0 Å². The molecule has 1 aliphatic rings. The molecular formula is C15H24N2O. The molecule has 1 heterocycles. The van der Waals surface area contributed by atoms with E-state index in [1.807, 2.05) is 12.1 Å². The second kappa shape index (κ2) is 6.76. The van der Waals surface area contributed by atoms with Gasteiger partial charge in [-0.05, 0) is 45.4 Å². The summed E-state index contributed by atoms with van der Waals surface area (Å²) in [5.41, 5.74) is 1.26. The Hall–Kier alpha value is -1.06. The lowest BCUT2D eigenvalue weighted by molar-refractivity contribution is 0.270. The zero-order valence-electron chi connectivity index (χ0n) is 11.4. The van der Waals surface area contributed by atoms with Crippen molar-refractivity contribution >= 4 is 0 Å². The van der Waals surface area contributed by atoms with Crippen LogP contribution in [0.1, 0.15) is 25.3 Å². The number of benzene rings is 1. The van der Waals surface area contributed by atoms with Gasteiger partial charge in [0.05, 0.1) is 0 Å². The Kier molecular flexibility index (Phi) is 5.02. The molecule has 18 heavy (non-hydrogen) atoms. The molecule has 0 amide bonds. The highest BCUT2D eigenvalue weighted by Crippen LogP contribution is 2.11. The van der Waals surface area contributed by atoms with E-state index in [1.165, 1.54) is 24.9 Å². The Balaban J connectivity index is 1.64. The van der Waals surface area contributed by atoms with Gasteiger partial charge in [-0.15, -0.1) is 0 Å². The standard InChI is InChI=1S/C15H24N2O/c1-12-5-7-15(8-6-12)18-11-13(2)17-10-14-4-3-9-16-14/h5-8,13-14,16-17H,3-4,9-11H2,1-2H3. The summed E-state index contributed by atoms with van der Waals surface area (Å²) >= 11 is 0. The molecule has 3 heteroatoms. The minimum absolute atomic E-state index is 0.383. The van der Waals surface area contributed by atoms with E-state index >= 15 is 0 Å². The van der Waals surface area contributed by atoms with Gasteiger partial charge in [-0.3, -0.25) is 0 Å². The van der Waals surface area contributed by atoms with Crippen molar-refractivity contribution in [3.05, 3.63) is 29.8 Å². The van der Waals surface area contributed by atoms with Crippen LogP contribution in [-0.4, -0.2) is 31.8 Å². The highest BCUT2D eigenvalue weighted by Gasteiger charge is 2.14. The first kappa shape index (κ1) is 13.4. The molecule has 0 spiro atoms. The largest absolute Gasteiger partial charge is 0.492 e. The monoisotopic (exact) mass is 248 g/mol. The molecule has 2 atom stereocenters. The zero-order valence-corrected chi connectivity index (χ0v) is 11.4. The molecule has 2 unspecified atom stereocenters. The molecule has 0 bridgehead atoms. The maximum absolute atomic E-state index is 5.76. The third kappa shape index (κ3) is 4.31. The van der Waals surface area contributed by atoms with Crippen LogP contribution in [0.25, 0.3) is 0 Å². The highest BCUT2D eigenvalue weighted by atomic mass is 16.5. The molecule has 2 N–H and O–H groups in total. The molecule has 2 rings (SSSR count). The summed E-state index contributed by atoms with van der Waals surface area (Å²) in [7, 11) is 0. The van der Waals surface area contributed by atoms with Gasteiger partial charge in [-0.25, -0.2) is 0 Å². The molecule has 1 aromatic rings. The number of ether oxygens (including phenoxy) is 1. The Morgan fingerprint density at radius 2 is 2.17 bits per heavy atom. The zero-order chi connectivity index (χ0) is 12.8. The molecular weight excluding hydrogens is 224 g/mol. The van der Waals surface area contributed by atoms with Crippen molar-refractivity contribution in [3.8, 4) is 5.75 Å². The minimum atomic E-state index is 0.383. The molecule has 1 fully saturated rings. The second-order valence-corrected chi connectivity index (χ2v) is 5.23. The number of nitrogens with one attached hydrogen (secondary N) is 2. The summed E-state index contributed by atoms with van der Waals surface area (Å²) in [6.07, 6.45) is 2.60. The van der Waals surface area contributed by atoms with E-state index in [9.17, 15) is 0 Å². The van der Waals surface area contributed by atoms with Crippen molar-refractivity contribution in [2.75, 3.05) is 19.7 Å². The second-order valence-electron chi connectivity index (χ2n) is 5.23. The Morgan fingerprint density at radius 3 is 2.83 bits per heavy atom. The predicted molar refractivity (Wildman–Crippen MR) is 75.2 cm³/mol. The lowest BCUT2D eigenvalue weighted by Gasteiger charge is -2.18. The first-order chi connectivity index (χ1) is 8.74. The first-order valence-electron chi connectivity index (χ1n) is 6.90. The third-order valence-corrected chi connectivity index (χ3v) is 3.40. The van der Waals surface area contributed by atoms with Gasteiger partial charge in [-0.2, -0.15) is 0 Å². The quantitative estimate of drug-likeness (QED) is 0.809. The van der Waals surface area contributed by atoms with Gasteiger partial charge in [0, 0.05) is 18.6 Å². The summed E-state index contributed by atoms with van der Waals surface area (Å²) in [5.74, 6) is 0.952. The number of hydrogen-bond donors (Lipinski definition) is 2. The molecule has 1 aromatic carbocycles. The van der Waals surface area contributed by atoms with Crippen LogP contribution in [0, 0.1) is 6.92 Å². The van der Waals surface area contributed by atoms with Crippen molar-refractivity contribution in [3.63, 3.8) is 0 Å². The van der Waals surface area contributed by atoms with Crippen LogP contribution in [0.4, 0.5) is 0 Å². The minimum Gasteiger partial charge on any atom is -0.492 e. The SMILES string of the molecule is Cc1ccc(OCC(C)NCC2CCCN2)cc1. The molecule has 0 aromatic heterocycles. The molecule has 1 aliphatic heterocycles. The van der Waals surface area contributed by atoms with E-state index in [0.29, 0.717) is 12.1 Å². The average Bonchev–Trinajstić information content (AvgIpc) is 2.89. The van der Waals surface area contributed by atoms with Crippen LogP contribution < -0.4 is 15.4 Å². The lowest BCUT2D eigenvalue weighted by Crippen LogP contribution is -2.40. The molecule has 1 saturated heterocycles. The van der Waals surface area contributed by atoms with Crippen molar-refractivity contribution in [2.45, 2.75) is 38.8 Å². The molecule has 3 nitrogen and oxygen atoms in total. The van der Waals surface area contributed by atoms with Gasteiger partial charge in [0.25, 0.3) is 0 Å². The van der Waals surface area contributed by atoms with E-state index in [2.05, 4.69) is 36.6 Å². The van der Waals surface area contributed by atoms with Gasteiger partial charge in [0.15, 0.2) is 0 Å². The maximum atomic E-state index is 5.76. The number of aryl methyl sites for hydroxylation is 1. The predicted octanol–water partition coefficient (Wildman–Crippen LogP) is 2.10. The van der Waals surface area contributed by atoms with E-state index in [0.717, 1.165) is 18.9 Å². The van der Waals surface area contributed by atoms with Crippen LogP contribution in [-0.2, 0) is 0 Å². The van der Waals surface area contributed by atoms with E-state index in [-0.39, 0.29) is 0 Å². The van der Waals surface area contributed by atoms with Crippen LogP contribution >= 0.6 is 0 Å². The van der Waals surface area contributed by atoms with Crippen molar-refractivity contribution < 1.29 is 4.74 Å². The number of hydrogen-bond acceptors (Lipinski definition) is 3. The van der Waals surface area contributed by atoms with Gasteiger partial charge < -0.3 is 15.4 Å². The lowest BCUT2D eigenvalue weighted by atomic mass is 10.2. The normalized spacial score (nSPS) is 20.9. The fraction of sp³-hybridized carbons (Fsp3) is 0.600. The Labute approximate surface area is 110 Å². The number of rotatable bonds is 6. The fourth-order valence-electron chi connectivity index (χ4n) is 2.19. The van der Waals surface area contributed by atoms with Crippen molar-refractivity contribution in [1.82, 2.24) is 10.6 Å². The van der Waals surface area contributed by atoms with Crippen LogP contribution in [0.2, 0.25) is 0 Å². The van der Waals surface area contributed by atoms with Gasteiger partial charge >= 0.3 is 0 Å². The Bertz CT molecular complexity index is 344. The molecule has 100 valence electrons. The summed E-state index contributed by atoms with van der Waals surface area (Å²) in [6.45, 7) is 7.18. The Morgan fingerprint density at radius 1 is 1.39 bits per heavy atom. The molecule has 0 radical (unpaired) electrons. The summed E-state index contributed by atoms with van der Waals surface area (Å²) in [6, 6.07) is 9.24. The fourth-order valence-corrected chi connectivity index (χ4v) is 2.19. The van der Waals surface area contributed by atoms with Crippen LogP contribution in [0.5, 0.6) is 5.75 Å². The molecule has 0 aliphatic carbocycles. The molecule has 0 saturated carbocycles. The summed E-state index contributed by atoms with van der Waals surface area (Å²) < 4.78 is 5.76. The third-order valence-electron chi connectivity index (χ3n) is 3.40. The van der Waals surface area contributed by atoms with Gasteiger partial charge in [-0.1, -0.05) is 17.7 Å². The maximum Gasteiger partial charge on any atom is 0.119 e. The van der Waals surface area contributed by atoms with E-state index in [4.69, 9.17) is 4.74 Å². The van der Waals surface area contributed by atoms with Gasteiger partial charge in [0.1, 0.15) is 12.4 Å². The smallest absolute Gasteiger partial charge is 0.119 e. The van der Waals surface area contributed by atoms with Crippen molar-refractivity contribution in [2.24, 2.45) is 0 Å². The summed E-state index contributed by atoms with van der Waals surface area (Å²) in [5, 5.41) is 7.01. The van der Waals surface area contributed by atoms with Crippen LogP contribution in [0.15, 0.2) is 24.3 Å². The van der Waals surface area contributed by atoms with E-state index < -0.39 is 0 Å². The highest BCUT2D eigenvalue weighted by molar-refractivity contribution is 5.26. The van der Waals surface area contributed by atoms with Crippen molar-refractivity contribution in [1.29, 1.82) is 0 Å². The van der Waals surface area contributed by atoms with Gasteiger partial charge in [0.2, 0.25) is 0 Å². The summed E-state index contributed by atoms with van der Waals surface area (Å²) in [4.78, 5) is 0. The first-order valence-corrected chi connectivity index (χ1v) is 6.90. The average molecular weight is 248 g/mol.